The molecule has 2 aromatic heterocycles. The fourth-order valence-electron chi connectivity index (χ4n) is 2.02. The number of nitrogens with one attached hydrogen (secondary N) is 2. The number of imidazole rings is 1. The van der Waals surface area contributed by atoms with Gasteiger partial charge in [0.1, 0.15) is 0 Å². The predicted molar refractivity (Wildman–Crippen MR) is 85.7 cm³/mol. The molecule has 6 heteroatoms. The third-order valence-electron chi connectivity index (χ3n) is 3.05. The molecule has 0 saturated heterocycles. The Bertz CT molecular complexity index is 792. The smallest absolute Gasteiger partial charge is 0.330 e. The quantitative estimate of drug-likeness (QED) is 0.764. The lowest BCUT2D eigenvalue weighted by Gasteiger charge is -2.08. The van der Waals surface area contributed by atoms with Crippen LogP contribution in [-0.2, 0) is 6.54 Å². The number of pyridine rings is 1. The Labute approximate surface area is 129 Å². The van der Waals surface area contributed by atoms with Gasteiger partial charge < -0.3 is 10.3 Å². The van der Waals surface area contributed by atoms with E-state index in [-0.39, 0.29) is 5.69 Å². The van der Waals surface area contributed by atoms with Crippen molar-refractivity contribution in [3.05, 3.63) is 75.6 Å². The standard InChI is InChI=1S/C15H13BrN4O/c16-12-7-11(8-17-10-12)9-19-13-1-3-14(4-2-13)20-6-5-18-15(20)21/h1-8,10,19H,9H2,(H,18,21). The van der Waals surface area contributed by atoms with E-state index in [0.29, 0.717) is 6.54 Å². The number of H-pyrrole nitrogens is 1. The van der Waals surface area contributed by atoms with E-state index in [2.05, 4.69) is 31.2 Å². The molecule has 0 aliphatic rings. The van der Waals surface area contributed by atoms with Gasteiger partial charge >= 0.3 is 5.69 Å². The first kappa shape index (κ1) is 13.6. The molecular formula is C15H13BrN4O. The second-order valence-corrected chi connectivity index (χ2v) is 5.46. The van der Waals surface area contributed by atoms with Crippen LogP contribution in [0.1, 0.15) is 5.56 Å². The van der Waals surface area contributed by atoms with Crippen molar-refractivity contribution < 1.29 is 0 Å². The fraction of sp³-hybridized carbons (Fsp3) is 0.0667. The van der Waals surface area contributed by atoms with Crippen LogP contribution in [0.2, 0.25) is 0 Å². The number of nitrogens with zero attached hydrogens (tertiary/aromatic N) is 2. The van der Waals surface area contributed by atoms with Gasteiger partial charge in [0.15, 0.2) is 0 Å². The Kier molecular flexibility index (Phi) is 3.87. The highest BCUT2D eigenvalue weighted by Gasteiger charge is 2.00. The third-order valence-corrected chi connectivity index (χ3v) is 3.49. The lowest BCUT2D eigenvalue weighted by Crippen LogP contribution is -2.13. The molecule has 1 aromatic carbocycles. The van der Waals surface area contributed by atoms with Crippen LogP contribution >= 0.6 is 15.9 Å². The Hall–Kier alpha value is -2.34. The van der Waals surface area contributed by atoms with Gasteiger partial charge in [-0.15, -0.1) is 0 Å². The van der Waals surface area contributed by atoms with Gasteiger partial charge in [-0.2, -0.15) is 0 Å². The zero-order chi connectivity index (χ0) is 14.7. The summed E-state index contributed by atoms with van der Waals surface area (Å²) in [6.45, 7) is 0.690. The summed E-state index contributed by atoms with van der Waals surface area (Å²) in [6.07, 6.45) is 6.91. The van der Waals surface area contributed by atoms with Gasteiger partial charge in [-0.1, -0.05) is 0 Å². The molecule has 3 aromatic rings. The van der Waals surface area contributed by atoms with E-state index in [0.717, 1.165) is 21.4 Å². The molecule has 106 valence electrons. The summed E-state index contributed by atoms with van der Waals surface area (Å²) in [7, 11) is 0. The molecule has 0 unspecified atom stereocenters. The maximum atomic E-state index is 11.5. The molecule has 0 fully saturated rings. The molecule has 0 amide bonds. The molecule has 2 N–H and O–H groups in total. The number of anilines is 1. The highest BCUT2D eigenvalue weighted by molar-refractivity contribution is 9.10. The largest absolute Gasteiger partial charge is 0.381 e. The van der Waals surface area contributed by atoms with Gasteiger partial charge in [0.05, 0.1) is 5.69 Å². The fourth-order valence-corrected chi connectivity index (χ4v) is 2.43. The lowest BCUT2D eigenvalue weighted by molar-refractivity contribution is 0.987. The molecule has 21 heavy (non-hydrogen) atoms. The van der Waals surface area contributed by atoms with Crippen molar-refractivity contribution in [1.29, 1.82) is 0 Å². The average molecular weight is 345 g/mol. The van der Waals surface area contributed by atoms with E-state index < -0.39 is 0 Å². The maximum absolute atomic E-state index is 11.5. The summed E-state index contributed by atoms with van der Waals surface area (Å²) in [5, 5.41) is 3.32. The molecule has 2 heterocycles. The van der Waals surface area contributed by atoms with E-state index in [1.807, 2.05) is 36.5 Å². The number of hydrogen-bond donors (Lipinski definition) is 2. The number of rotatable bonds is 4. The highest BCUT2D eigenvalue weighted by atomic mass is 79.9. The maximum Gasteiger partial charge on any atom is 0.330 e. The monoisotopic (exact) mass is 344 g/mol. The van der Waals surface area contributed by atoms with Crippen molar-refractivity contribution in [2.75, 3.05) is 5.32 Å². The summed E-state index contributed by atoms with van der Waals surface area (Å²) in [4.78, 5) is 18.3. The summed E-state index contributed by atoms with van der Waals surface area (Å²) in [5.41, 5.74) is 2.77. The van der Waals surface area contributed by atoms with Gasteiger partial charge in [0, 0.05) is 41.5 Å². The minimum Gasteiger partial charge on any atom is -0.381 e. The number of aromatic amines is 1. The number of aromatic nitrogens is 3. The molecular weight excluding hydrogens is 332 g/mol. The average Bonchev–Trinajstić information content (AvgIpc) is 2.92. The zero-order valence-electron chi connectivity index (χ0n) is 11.1. The number of hydrogen-bond acceptors (Lipinski definition) is 3. The third kappa shape index (κ3) is 3.22. The molecule has 0 aliphatic carbocycles. The molecule has 3 rings (SSSR count). The van der Waals surface area contributed by atoms with Crippen molar-refractivity contribution in [1.82, 2.24) is 14.5 Å². The highest BCUT2D eigenvalue weighted by Crippen LogP contribution is 2.14. The van der Waals surface area contributed by atoms with Crippen LogP contribution in [0.15, 0.2) is 64.4 Å². The molecule has 0 spiro atoms. The molecule has 0 atom stereocenters. The van der Waals surface area contributed by atoms with Crippen LogP contribution in [-0.4, -0.2) is 14.5 Å². The van der Waals surface area contributed by atoms with Crippen molar-refractivity contribution >= 4 is 21.6 Å². The minimum absolute atomic E-state index is 0.143. The topological polar surface area (TPSA) is 62.7 Å². The number of benzene rings is 1. The molecule has 0 radical (unpaired) electrons. The number of halogens is 1. The van der Waals surface area contributed by atoms with Crippen LogP contribution in [0.3, 0.4) is 0 Å². The van der Waals surface area contributed by atoms with E-state index in [9.17, 15) is 4.79 Å². The Morgan fingerprint density at radius 3 is 2.71 bits per heavy atom. The van der Waals surface area contributed by atoms with Crippen molar-refractivity contribution in [2.45, 2.75) is 6.54 Å². The SMILES string of the molecule is O=c1[nH]ccn1-c1ccc(NCc2cncc(Br)c2)cc1. The van der Waals surface area contributed by atoms with E-state index in [1.54, 1.807) is 23.2 Å². The Morgan fingerprint density at radius 1 is 1.24 bits per heavy atom. The van der Waals surface area contributed by atoms with Crippen molar-refractivity contribution in [3.8, 4) is 5.69 Å². The van der Waals surface area contributed by atoms with Gasteiger partial charge in [0.25, 0.3) is 0 Å². The molecule has 0 bridgehead atoms. The molecule has 0 saturated carbocycles. The Morgan fingerprint density at radius 2 is 2.05 bits per heavy atom. The summed E-state index contributed by atoms with van der Waals surface area (Å²) in [5.74, 6) is 0. The molecule has 5 nitrogen and oxygen atoms in total. The lowest BCUT2D eigenvalue weighted by atomic mass is 10.2. The second kappa shape index (κ2) is 5.97. The van der Waals surface area contributed by atoms with E-state index >= 15 is 0 Å². The van der Waals surface area contributed by atoms with Gasteiger partial charge in [-0.25, -0.2) is 4.79 Å². The summed E-state index contributed by atoms with van der Waals surface area (Å²) >= 11 is 3.40. The van der Waals surface area contributed by atoms with Crippen molar-refractivity contribution in [3.63, 3.8) is 0 Å². The van der Waals surface area contributed by atoms with Gasteiger partial charge in [-0.3, -0.25) is 9.55 Å². The second-order valence-electron chi connectivity index (χ2n) is 4.55. The first-order valence-electron chi connectivity index (χ1n) is 6.42. The van der Waals surface area contributed by atoms with E-state index in [4.69, 9.17) is 0 Å². The normalized spacial score (nSPS) is 10.5. The van der Waals surface area contributed by atoms with Crippen LogP contribution < -0.4 is 11.0 Å². The van der Waals surface area contributed by atoms with Crippen LogP contribution in [0.4, 0.5) is 5.69 Å². The minimum atomic E-state index is -0.143. The van der Waals surface area contributed by atoms with Gasteiger partial charge in [0.2, 0.25) is 0 Å². The predicted octanol–water partition coefficient (Wildman–Crippen LogP) is 2.94. The Balaban J connectivity index is 1.70. The van der Waals surface area contributed by atoms with Crippen LogP contribution in [0.5, 0.6) is 0 Å². The van der Waals surface area contributed by atoms with Gasteiger partial charge in [-0.05, 0) is 51.8 Å². The summed E-state index contributed by atoms with van der Waals surface area (Å²) in [6, 6.07) is 9.71. The first-order chi connectivity index (χ1) is 10.2. The molecule has 0 aliphatic heterocycles. The van der Waals surface area contributed by atoms with E-state index in [1.165, 1.54) is 0 Å². The van der Waals surface area contributed by atoms with Crippen LogP contribution in [0, 0.1) is 0 Å². The zero-order valence-corrected chi connectivity index (χ0v) is 12.7. The van der Waals surface area contributed by atoms with Crippen molar-refractivity contribution in [2.24, 2.45) is 0 Å². The first-order valence-corrected chi connectivity index (χ1v) is 7.21. The summed E-state index contributed by atoms with van der Waals surface area (Å²) < 4.78 is 2.52. The van der Waals surface area contributed by atoms with Crippen LogP contribution in [0.25, 0.3) is 5.69 Å².